The monoisotopic (exact) mass is 536 g/mol. The molecule has 200 valence electrons. The van der Waals surface area contributed by atoms with Gasteiger partial charge >= 0.3 is 18.1 Å². The molecule has 9 heteroatoms. The molecule has 0 radical (unpaired) electrons. The first-order valence-electron chi connectivity index (χ1n) is 11.3. The second kappa shape index (κ2) is 13.0. The number of esters is 2. The van der Waals surface area contributed by atoms with Crippen LogP contribution >= 0.6 is 0 Å². The molecule has 0 heterocycles. The fourth-order valence-electron chi connectivity index (χ4n) is 3.19. The van der Waals surface area contributed by atoms with Crippen LogP contribution in [0.15, 0.2) is 117 Å². The molecule has 0 aliphatic heterocycles. The Morgan fingerprint density at radius 3 is 1.77 bits per heavy atom. The molecule has 0 aliphatic rings. The van der Waals surface area contributed by atoms with Crippen molar-refractivity contribution < 1.29 is 41.7 Å². The molecule has 0 unspecified atom stereocenters. The zero-order chi connectivity index (χ0) is 28.4. The average Bonchev–Trinajstić information content (AvgIpc) is 2.93. The van der Waals surface area contributed by atoms with Crippen LogP contribution in [0.5, 0.6) is 11.5 Å². The Kier molecular flexibility index (Phi) is 9.48. The zero-order valence-corrected chi connectivity index (χ0v) is 20.7. The number of rotatable bonds is 10. The van der Waals surface area contributed by atoms with Gasteiger partial charge in [0.05, 0.1) is 5.56 Å². The molecule has 0 aromatic heterocycles. The van der Waals surface area contributed by atoms with E-state index in [4.69, 9.17) is 14.2 Å². The summed E-state index contributed by atoms with van der Waals surface area (Å²) in [5.41, 5.74) is 0.675. The van der Waals surface area contributed by atoms with Crippen LogP contribution in [0.25, 0.3) is 22.3 Å². The third-order valence-electron chi connectivity index (χ3n) is 5.07. The van der Waals surface area contributed by atoms with Gasteiger partial charge in [0.25, 0.3) is 0 Å². The highest BCUT2D eigenvalue weighted by Crippen LogP contribution is 2.40. The van der Waals surface area contributed by atoms with Gasteiger partial charge in [-0.15, -0.1) is 0 Å². The fraction of sp³-hybridized carbons (Fsp3) is 0.0667. The van der Waals surface area contributed by atoms with Crippen LogP contribution in [0.2, 0.25) is 0 Å². The molecule has 0 saturated carbocycles. The predicted molar refractivity (Wildman–Crippen MR) is 139 cm³/mol. The number of hydrogen-bond donors (Lipinski definition) is 0. The molecular formula is C30H23F3O6. The minimum Gasteiger partial charge on any atom is -0.462 e. The lowest BCUT2D eigenvalue weighted by molar-refractivity contribution is -0.137. The Bertz CT molecular complexity index is 1400. The van der Waals surface area contributed by atoms with Crippen LogP contribution in [0.4, 0.5) is 13.2 Å². The molecular weight excluding hydrogens is 513 g/mol. The number of ether oxygens (including phenoxy) is 4. The van der Waals surface area contributed by atoms with E-state index in [2.05, 4.69) is 17.9 Å². The van der Waals surface area contributed by atoms with E-state index in [1.807, 2.05) is 0 Å². The maximum atomic E-state index is 14.0. The summed E-state index contributed by atoms with van der Waals surface area (Å²) in [6.45, 7) is 8.21. The van der Waals surface area contributed by atoms with Crippen molar-refractivity contribution in [2.24, 2.45) is 0 Å². The summed E-state index contributed by atoms with van der Waals surface area (Å²) in [4.78, 5) is 22.3. The number of carbonyl (C=O) groups is 2. The van der Waals surface area contributed by atoms with Gasteiger partial charge in [0.2, 0.25) is 0 Å². The predicted octanol–water partition coefficient (Wildman–Crippen LogP) is 7.59. The Balaban J connectivity index is 1.76. The van der Waals surface area contributed by atoms with E-state index in [9.17, 15) is 22.8 Å². The zero-order valence-electron chi connectivity index (χ0n) is 20.7. The summed E-state index contributed by atoms with van der Waals surface area (Å²) < 4.78 is 62.0. The Morgan fingerprint density at radius 1 is 0.744 bits per heavy atom. The van der Waals surface area contributed by atoms with Crippen LogP contribution in [0.1, 0.15) is 12.5 Å². The van der Waals surface area contributed by atoms with Gasteiger partial charge in [-0.25, -0.2) is 9.59 Å². The highest BCUT2D eigenvalue weighted by Gasteiger charge is 2.34. The third kappa shape index (κ3) is 8.22. The van der Waals surface area contributed by atoms with Gasteiger partial charge in [0.15, 0.2) is 0 Å². The van der Waals surface area contributed by atoms with Crippen LogP contribution in [0.3, 0.4) is 0 Å². The lowest BCUT2D eigenvalue weighted by Gasteiger charge is -2.15. The van der Waals surface area contributed by atoms with E-state index >= 15 is 0 Å². The highest BCUT2D eigenvalue weighted by molar-refractivity contribution is 5.87. The van der Waals surface area contributed by atoms with Crippen molar-refractivity contribution in [2.75, 3.05) is 0 Å². The molecule has 0 fully saturated rings. The quantitative estimate of drug-likeness (QED) is 0.151. The van der Waals surface area contributed by atoms with E-state index in [0.717, 1.165) is 37.2 Å². The number of halogens is 3. The van der Waals surface area contributed by atoms with Gasteiger partial charge in [-0.1, -0.05) is 49.6 Å². The molecule has 0 atom stereocenters. The van der Waals surface area contributed by atoms with Crippen molar-refractivity contribution in [1.82, 2.24) is 0 Å². The second-order valence-electron chi connectivity index (χ2n) is 7.91. The Hall–Kier alpha value is -5.05. The molecule has 3 aromatic rings. The SMILES string of the molecule is C=CC(=O)O/C=C\Oc1ccc(-c2ccc(-c3ccc(O/C=C\OC(=O)C(=C)C)cc3)c(C(F)(F)F)c2)cc1. The average molecular weight is 537 g/mol. The first-order valence-corrected chi connectivity index (χ1v) is 11.3. The summed E-state index contributed by atoms with van der Waals surface area (Å²) in [6, 6.07) is 16.5. The molecule has 6 nitrogen and oxygen atoms in total. The summed E-state index contributed by atoms with van der Waals surface area (Å²) in [5, 5.41) is 0. The van der Waals surface area contributed by atoms with Crippen LogP contribution in [-0.2, 0) is 25.2 Å². The van der Waals surface area contributed by atoms with Gasteiger partial charge in [-0.05, 0) is 59.5 Å². The van der Waals surface area contributed by atoms with Crippen LogP contribution in [-0.4, -0.2) is 11.9 Å². The Labute approximate surface area is 222 Å². The molecule has 3 aromatic carbocycles. The van der Waals surface area contributed by atoms with Crippen molar-refractivity contribution in [3.63, 3.8) is 0 Å². The van der Waals surface area contributed by atoms with E-state index in [1.165, 1.54) is 37.3 Å². The molecule has 39 heavy (non-hydrogen) atoms. The smallest absolute Gasteiger partial charge is 0.417 e. The van der Waals surface area contributed by atoms with Crippen LogP contribution in [0, 0.1) is 0 Å². The van der Waals surface area contributed by atoms with Gasteiger partial charge < -0.3 is 18.9 Å². The third-order valence-corrected chi connectivity index (χ3v) is 5.07. The molecule has 0 spiro atoms. The number of carbonyl (C=O) groups excluding carboxylic acids is 2. The van der Waals surface area contributed by atoms with Crippen molar-refractivity contribution in [1.29, 1.82) is 0 Å². The minimum atomic E-state index is -4.60. The molecule has 3 rings (SSSR count). The highest BCUT2D eigenvalue weighted by atomic mass is 19.4. The van der Waals surface area contributed by atoms with E-state index in [0.29, 0.717) is 28.2 Å². The van der Waals surface area contributed by atoms with Gasteiger partial charge in [0, 0.05) is 11.6 Å². The molecule has 0 N–H and O–H groups in total. The lowest BCUT2D eigenvalue weighted by atomic mass is 9.94. The number of benzene rings is 3. The van der Waals surface area contributed by atoms with Gasteiger partial charge in [-0.3, -0.25) is 0 Å². The minimum absolute atomic E-state index is 0.00268. The molecule has 0 aliphatic carbocycles. The lowest BCUT2D eigenvalue weighted by Crippen LogP contribution is -2.07. The summed E-state index contributed by atoms with van der Waals surface area (Å²) in [6.07, 6.45) is 0.766. The summed E-state index contributed by atoms with van der Waals surface area (Å²) in [7, 11) is 0. The largest absolute Gasteiger partial charge is 0.462 e. The second-order valence-corrected chi connectivity index (χ2v) is 7.91. The van der Waals surface area contributed by atoms with E-state index in [1.54, 1.807) is 30.3 Å². The van der Waals surface area contributed by atoms with Crippen LogP contribution < -0.4 is 9.47 Å². The van der Waals surface area contributed by atoms with Crippen molar-refractivity contribution in [2.45, 2.75) is 13.1 Å². The van der Waals surface area contributed by atoms with E-state index < -0.39 is 23.7 Å². The topological polar surface area (TPSA) is 71.1 Å². The normalized spacial score (nSPS) is 11.3. The first-order chi connectivity index (χ1) is 18.6. The molecule has 0 bridgehead atoms. The Morgan fingerprint density at radius 2 is 1.26 bits per heavy atom. The van der Waals surface area contributed by atoms with E-state index in [-0.39, 0.29) is 11.1 Å². The number of alkyl halides is 3. The van der Waals surface area contributed by atoms with Crippen molar-refractivity contribution >= 4 is 11.9 Å². The standard InChI is InChI=1S/C30H23F3O6/c1-4-28(34)38-17-15-36-24-10-5-21(6-11-24)23-9-14-26(27(19-23)30(31,32)33)22-7-12-25(13-8-22)37-16-18-39-29(35)20(2)3/h4-19H,1-2H2,3H3/b17-15-,18-16-. The van der Waals surface area contributed by atoms with Gasteiger partial charge in [0.1, 0.15) is 36.5 Å². The molecule has 0 saturated heterocycles. The molecule has 0 amide bonds. The maximum Gasteiger partial charge on any atom is 0.417 e. The van der Waals surface area contributed by atoms with Crippen molar-refractivity contribution in [3.8, 4) is 33.8 Å². The van der Waals surface area contributed by atoms with Crippen molar-refractivity contribution in [3.05, 3.63) is 122 Å². The summed E-state index contributed by atoms with van der Waals surface area (Å²) in [5.74, 6) is -0.529. The maximum absolute atomic E-state index is 14.0. The first kappa shape index (κ1) is 28.5. The fourth-order valence-corrected chi connectivity index (χ4v) is 3.19. The van der Waals surface area contributed by atoms with Gasteiger partial charge in [-0.2, -0.15) is 13.2 Å². The summed E-state index contributed by atoms with van der Waals surface area (Å²) >= 11 is 0. The number of hydrogen-bond acceptors (Lipinski definition) is 6.